The van der Waals surface area contributed by atoms with E-state index in [0.717, 1.165) is 33.5 Å². The third-order valence-electron chi connectivity index (χ3n) is 5.81. The lowest BCUT2D eigenvalue weighted by Crippen LogP contribution is -2.32. The molecule has 0 fully saturated rings. The molecule has 4 nitrogen and oxygen atoms in total. The lowest BCUT2D eigenvalue weighted by molar-refractivity contribution is -0.140. The van der Waals surface area contributed by atoms with Crippen molar-refractivity contribution in [2.24, 2.45) is 0 Å². The van der Waals surface area contributed by atoms with Crippen LogP contribution >= 0.6 is 0 Å². The van der Waals surface area contributed by atoms with Crippen molar-refractivity contribution < 1.29 is 14.3 Å². The number of carbonyl (C=O) groups is 1. The third kappa shape index (κ3) is 4.27. The molecule has 0 aliphatic carbocycles. The molecule has 2 unspecified atom stereocenters. The second-order valence-corrected chi connectivity index (χ2v) is 7.78. The van der Waals surface area contributed by atoms with Crippen molar-refractivity contribution in [1.29, 1.82) is 0 Å². The van der Waals surface area contributed by atoms with Gasteiger partial charge in [0.25, 0.3) is 0 Å². The zero-order chi connectivity index (χ0) is 21.8. The van der Waals surface area contributed by atoms with E-state index in [1.165, 1.54) is 0 Å². The van der Waals surface area contributed by atoms with Gasteiger partial charge in [0.2, 0.25) is 0 Å². The summed E-state index contributed by atoms with van der Waals surface area (Å²) in [6.45, 7) is 7.05. The first kappa shape index (κ1) is 21.3. The smallest absolute Gasteiger partial charge is 0.183 e. The number of ketones is 1. The van der Waals surface area contributed by atoms with Gasteiger partial charge in [0.1, 0.15) is 0 Å². The fourth-order valence-corrected chi connectivity index (χ4v) is 4.36. The summed E-state index contributed by atoms with van der Waals surface area (Å²) >= 11 is 0. The van der Waals surface area contributed by atoms with Crippen LogP contribution < -0.4 is 5.32 Å². The second-order valence-electron chi connectivity index (χ2n) is 7.78. The lowest BCUT2D eigenvalue weighted by atomic mass is 9.77. The van der Waals surface area contributed by atoms with Crippen molar-refractivity contribution in [3.63, 3.8) is 0 Å². The molecule has 1 heterocycles. The fourth-order valence-electron chi connectivity index (χ4n) is 4.36. The van der Waals surface area contributed by atoms with E-state index in [9.17, 15) is 4.79 Å². The Kier molecular flexibility index (Phi) is 6.50. The summed E-state index contributed by atoms with van der Waals surface area (Å²) in [5.74, 6) is -0.165. The van der Waals surface area contributed by atoms with Gasteiger partial charge in [-0.15, -0.1) is 0 Å². The molecule has 1 N–H and O–H groups in total. The standard InChI is InChI=1S/C27H29NO3/c1-4-30-27(31-5-2)21-16-14-19(15-17-21)24-25(20-11-7-6-8-12-20)28-22-13-9-10-18(3)23(22)26(24)29/h6-17,24-25,27-28H,4-5H2,1-3H3. The van der Waals surface area contributed by atoms with Gasteiger partial charge in [0, 0.05) is 30.0 Å². The van der Waals surface area contributed by atoms with Gasteiger partial charge < -0.3 is 14.8 Å². The summed E-state index contributed by atoms with van der Waals surface area (Å²) in [4.78, 5) is 13.8. The molecule has 31 heavy (non-hydrogen) atoms. The van der Waals surface area contributed by atoms with Crippen LogP contribution in [0.3, 0.4) is 0 Å². The number of anilines is 1. The van der Waals surface area contributed by atoms with Crippen LogP contribution in [0.2, 0.25) is 0 Å². The quantitative estimate of drug-likeness (QED) is 0.467. The van der Waals surface area contributed by atoms with Gasteiger partial charge in [0.05, 0.1) is 12.0 Å². The average Bonchev–Trinajstić information content (AvgIpc) is 2.79. The molecule has 3 aromatic carbocycles. The number of fused-ring (bicyclic) bond motifs is 1. The van der Waals surface area contributed by atoms with E-state index in [0.29, 0.717) is 13.2 Å². The van der Waals surface area contributed by atoms with Crippen LogP contribution in [0.15, 0.2) is 72.8 Å². The number of ether oxygens (including phenoxy) is 2. The number of aryl methyl sites for hydroxylation is 1. The van der Waals surface area contributed by atoms with Gasteiger partial charge in [-0.05, 0) is 43.5 Å². The zero-order valence-electron chi connectivity index (χ0n) is 18.3. The van der Waals surface area contributed by atoms with Crippen molar-refractivity contribution in [1.82, 2.24) is 0 Å². The maximum atomic E-state index is 13.8. The van der Waals surface area contributed by atoms with Crippen molar-refractivity contribution >= 4 is 11.5 Å². The fraction of sp³-hybridized carbons (Fsp3) is 0.296. The first-order valence-electron chi connectivity index (χ1n) is 10.9. The highest BCUT2D eigenvalue weighted by Gasteiger charge is 2.38. The van der Waals surface area contributed by atoms with Crippen molar-refractivity contribution in [3.8, 4) is 0 Å². The first-order chi connectivity index (χ1) is 15.1. The van der Waals surface area contributed by atoms with Crippen LogP contribution in [0.25, 0.3) is 0 Å². The minimum atomic E-state index is -0.392. The topological polar surface area (TPSA) is 47.6 Å². The largest absolute Gasteiger partial charge is 0.377 e. The second kappa shape index (κ2) is 9.46. The number of nitrogens with one attached hydrogen (secondary N) is 1. The molecule has 0 spiro atoms. The van der Waals surface area contributed by atoms with E-state index in [2.05, 4.69) is 17.4 Å². The number of benzene rings is 3. The van der Waals surface area contributed by atoms with Gasteiger partial charge in [-0.3, -0.25) is 4.79 Å². The van der Waals surface area contributed by atoms with Gasteiger partial charge in [0.15, 0.2) is 12.1 Å². The van der Waals surface area contributed by atoms with E-state index in [4.69, 9.17) is 9.47 Å². The van der Waals surface area contributed by atoms with Crippen molar-refractivity contribution in [3.05, 3.63) is 101 Å². The Morgan fingerprint density at radius 3 is 2.16 bits per heavy atom. The summed E-state index contributed by atoms with van der Waals surface area (Å²) in [5.41, 5.74) is 5.71. The maximum absolute atomic E-state index is 13.8. The molecule has 0 saturated heterocycles. The predicted octanol–water partition coefficient (Wildman–Crippen LogP) is 6.20. The van der Waals surface area contributed by atoms with Crippen LogP contribution in [-0.4, -0.2) is 19.0 Å². The Morgan fingerprint density at radius 2 is 1.52 bits per heavy atom. The Bertz CT molecular complexity index is 1020. The summed E-state index contributed by atoms with van der Waals surface area (Å²) in [6.07, 6.45) is -0.392. The summed E-state index contributed by atoms with van der Waals surface area (Å²) in [7, 11) is 0. The van der Waals surface area contributed by atoms with Crippen LogP contribution in [0.1, 0.15) is 64.7 Å². The predicted molar refractivity (Wildman–Crippen MR) is 123 cm³/mol. The molecule has 0 aromatic heterocycles. The molecule has 1 aliphatic heterocycles. The Labute approximate surface area is 184 Å². The lowest BCUT2D eigenvalue weighted by Gasteiger charge is -2.35. The molecule has 3 aromatic rings. The van der Waals surface area contributed by atoms with Crippen LogP contribution in [0.5, 0.6) is 0 Å². The molecule has 0 saturated carbocycles. The molecule has 2 atom stereocenters. The van der Waals surface area contributed by atoms with Crippen LogP contribution in [-0.2, 0) is 9.47 Å². The van der Waals surface area contributed by atoms with E-state index in [1.807, 2.05) is 81.4 Å². The monoisotopic (exact) mass is 415 g/mol. The molecule has 0 amide bonds. The highest BCUT2D eigenvalue weighted by atomic mass is 16.7. The number of rotatable bonds is 7. The summed E-state index contributed by atoms with van der Waals surface area (Å²) in [5, 5.41) is 3.64. The molecule has 4 heteroatoms. The van der Waals surface area contributed by atoms with Gasteiger partial charge in [-0.1, -0.05) is 66.7 Å². The molecule has 1 aliphatic rings. The first-order valence-corrected chi connectivity index (χ1v) is 10.9. The molecule has 4 rings (SSSR count). The number of carbonyl (C=O) groups excluding carboxylic acids is 1. The van der Waals surface area contributed by atoms with Gasteiger partial charge in [-0.25, -0.2) is 0 Å². The number of hydrogen-bond acceptors (Lipinski definition) is 4. The molecule has 160 valence electrons. The molecule has 0 radical (unpaired) electrons. The molecular formula is C27H29NO3. The zero-order valence-corrected chi connectivity index (χ0v) is 18.3. The number of hydrogen-bond donors (Lipinski definition) is 1. The third-order valence-corrected chi connectivity index (χ3v) is 5.81. The van der Waals surface area contributed by atoms with Gasteiger partial charge >= 0.3 is 0 Å². The van der Waals surface area contributed by atoms with Crippen molar-refractivity contribution in [2.45, 2.75) is 39.0 Å². The van der Waals surface area contributed by atoms with E-state index in [1.54, 1.807) is 0 Å². The Morgan fingerprint density at radius 1 is 0.839 bits per heavy atom. The van der Waals surface area contributed by atoms with E-state index < -0.39 is 6.29 Å². The SMILES string of the molecule is CCOC(OCC)c1ccc(C2C(=O)c3c(C)cccc3NC2c2ccccc2)cc1. The minimum Gasteiger partial charge on any atom is -0.377 e. The van der Waals surface area contributed by atoms with E-state index in [-0.39, 0.29) is 17.7 Å². The summed E-state index contributed by atoms with van der Waals surface area (Å²) < 4.78 is 11.5. The summed E-state index contributed by atoms with van der Waals surface area (Å²) in [6, 6.07) is 24.1. The van der Waals surface area contributed by atoms with Gasteiger partial charge in [-0.2, -0.15) is 0 Å². The minimum absolute atomic E-state index is 0.136. The van der Waals surface area contributed by atoms with Crippen molar-refractivity contribution in [2.75, 3.05) is 18.5 Å². The highest BCUT2D eigenvalue weighted by Crippen LogP contribution is 2.43. The average molecular weight is 416 g/mol. The van der Waals surface area contributed by atoms with Crippen LogP contribution in [0.4, 0.5) is 5.69 Å². The maximum Gasteiger partial charge on any atom is 0.183 e. The Balaban J connectivity index is 1.75. The molecular weight excluding hydrogens is 386 g/mol. The normalized spacial score (nSPS) is 18.0. The highest BCUT2D eigenvalue weighted by molar-refractivity contribution is 6.09. The molecule has 0 bridgehead atoms. The van der Waals surface area contributed by atoms with E-state index >= 15 is 0 Å². The number of Topliss-reactive ketones (excluding diaryl/α,β-unsaturated/α-hetero) is 1. The van der Waals surface area contributed by atoms with Crippen LogP contribution in [0, 0.1) is 6.92 Å². The Hall–Kier alpha value is -2.95.